The number of amides is 2. The van der Waals surface area contributed by atoms with Crippen LogP contribution < -0.4 is 10.6 Å². The summed E-state index contributed by atoms with van der Waals surface area (Å²) >= 11 is 3.70. The quantitative estimate of drug-likeness (QED) is 0.778. The van der Waals surface area contributed by atoms with Crippen molar-refractivity contribution in [3.05, 3.63) is 49.2 Å². The molecule has 1 heterocycles. The van der Waals surface area contributed by atoms with E-state index in [9.17, 15) is 9.59 Å². The summed E-state index contributed by atoms with van der Waals surface area (Å²) in [7, 11) is 1.58. The molecule has 20 heavy (non-hydrogen) atoms. The minimum atomic E-state index is -0.165. The lowest BCUT2D eigenvalue weighted by molar-refractivity contribution is 0.0960. The molecule has 0 aliphatic carbocycles. The van der Waals surface area contributed by atoms with E-state index in [4.69, 9.17) is 0 Å². The molecule has 0 saturated heterocycles. The molecular formula is C14H13IN2O2S. The SMILES string of the molecule is CNC(=O)c1cccc(NC(=O)c2csc(I)c2)c1C. The van der Waals surface area contributed by atoms with Gasteiger partial charge in [0.2, 0.25) is 0 Å². The normalized spacial score (nSPS) is 10.2. The van der Waals surface area contributed by atoms with Crippen molar-refractivity contribution in [2.24, 2.45) is 0 Å². The summed E-state index contributed by atoms with van der Waals surface area (Å²) in [6, 6.07) is 7.11. The first kappa shape index (κ1) is 15.0. The van der Waals surface area contributed by atoms with E-state index in [1.165, 1.54) is 11.3 Å². The van der Waals surface area contributed by atoms with Gasteiger partial charge in [-0.25, -0.2) is 0 Å². The van der Waals surface area contributed by atoms with Crippen LogP contribution in [-0.2, 0) is 0 Å². The van der Waals surface area contributed by atoms with Crippen molar-refractivity contribution in [3.63, 3.8) is 0 Å². The molecule has 0 spiro atoms. The Bertz CT molecular complexity index is 667. The molecule has 0 unspecified atom stereocenters. The zero-order chi connectivity index (χ0) is 14.7. The van der Waals surface area contributed by atoms with Gasteiger partial charge in [-0.05, 0) is 53.3 Å². The van der Waals surface area contributed by atoms with Crippen molar-refractivity contribution in [1.82, 2.24) is 5.32 Å². The molecular weight excluding hydrogens is 387 g/mol. The molecule has 4 nitrogen and oxygen atoms in total. The Kier molecular flexibility index (Phi) is 4.77. The highest BCUT2D eigenvalue weighted by Gasteiger charge is 2.13. The fourth-order valence-electron chi connectivity index (χ4n) is 1.78. The molecule has 0 fully saturated rings. The maximum Gasteiger partial charge on any atom is 0.256 e. The Morgan fingerprint density at radius 3 is 2.60 bits per heavy atom. The van der Waals surface area contributed by atoms with E-state index < -0.39 is 0 Å². The predicted octanol–water partition coefficient (Wildman–Crippen LogP) is 3.27. The smallest absolute Gasteiger partial charge is 0.256 e. The van der Waals surface area contributed by atoms with E-state index in [1.807, 2.05) is 18.4 Å². The van der Waals surface area contributed by atoms with Crippen LogP contribution in [0.4, 0.5) is 5.69 Å². The van der Waals surface area contributed by atoms with E-state index >= 15 is 0 Å². The first-order chi connectivity index (χ1) is 9.52. The van der Waals surface area contributed by atoms with Crippen molar-refractivity contribution < 1.29 is 9.59 Å². The molecule has 1 aromatic carbocycles. The topological polar surface area (TPSA) is 58.2 Å². The number of halogens is 1. The second-order valence-electron chi connectivity index (χ2n) is 4.15. The van der Waals surface area contributed by atoms with Crippen LogP contribution in [0.3, 0.4) is 0 Å². The molecule has 2 N–H and O–H groups in total. The van der Waals surface area contributed by atoms with Crippen LogP contribution >= 0.6 is 33.9 Å². The number of carbonyl (C=O) groups excluding carboxylic acids is 2. The first-order valence-corrected chi connectivity index (χ1v) is 7.86. The number of anilines is 1. The number of benzene rings is 1. The van der Waals surface area contributed by atoms with Gasteiger partial charge in [-0.3, -0.25) is 9.59 Å². The Morgan fingerprint density at radius 1 is 1.25 bits per heavy atom. The minimum absolute atomic E-state index is 0.163. The molecule has 2 rings (SSSR count). The van der Waals surface area contributed by atoms with Crippen molar-refractivity contribution >= 4 is 51.4 Å². The molecule has 6 heteroatoms. The molecule has 0 bridgehead atoms. The van der Waals surface area contributed by atoms with Crippen LogP contribution in [0, 0.1) is 9.81 Å². The third-order valence-corrected chi connectivity index (χ3v) is 4.67. The van der Waals surface area contributed by atoms with Crippen molar-refractivity contribution in [2.75, 3.05) is 12.4 Å². The van der Waals surface area contributed by atoms with Gasteiger partial charge >= 0.3 is 0 Å². The number of hydrogen-bond acceptors (Lipinski definition) is 3. The van der Waals surface area contributed by atoms with E-state index in [0.717, 1.165) is 8.45 Å². The summed E-state index contributed by atoms with van der Waals surface area (Å²) in [6.45, 7) is 1.82. The van der Waals surface area contributed by atoms with Gasteiger partial charge in [-0.15, -0.1) is 11.3 Å². The monoisotopic (exact) mass is 400 g/mol. The van der Waals surface area contributed by atoms with Gasteiger partial charge in [0, 0.05) is 23.7 Å². The third-order valence-electron chi connectivity index (χ3n) is 2.88. The highest BCUT2D eigenvalue weighted by molar-refractivity contribution is 14.1. The van der Waals surface area contributed by atoms with Gasteiger partial charge in [0.05, 0.1) is 8.45 Å². The Hall–Kier alpha value is -1.41. The second-order valence-corrected chi connectivity index (χ2v) is 6.96. The van der Waals surface area contributed by atoms with E-state index in [2.05, 4.69) is 33.2 Å². The maximum atomic E-state index is 12.1. The molecule has 0 aliphatic heterocycles. The van der Waals surface area contributed by atoms with Gasteiger partial charge in [-0.1, -0.05) is 6.07 Å². The lowest BCUT2D eigenvalue weighted by atomic mass is 10.1. The molecule has 2 aromatic rings. The Labute approximate surface area is 134 Å². The number of rotatable bonds is 3. The summed E-state index contributed by atoms with van der Waals surface area (Å²) in [4.78, 5) is 23.8. The lowest BCUT2D eigenvalue weighted by Crippen LogP contribution is -2.20. The molecule has 0 saturated carbocycles. The predicted molar refractivity (Wildman–Crippen MR) is 89.6 cm³/mol. The molecule has 0 aliphatic rings. The molecule has 1 aromatic heterocycles. The highest BCUT2D eigenvalue weighted by atomic mass is 127. The molecule has 2 amide bonds. The van der Waals surface area contributed by atoms with Gasteiger partial charge in [0.15, 0.2) is 0 Å². The average Bonchev–Trinajstić information content (AvgIpc) is 2.87. The molecule has 0 radical (unpaired) electrons. The van der Waals surface area contributed by atoms with E-state index in [-0.39, 0.29) is 11.8 Å². The van der Waals surface area contributed by atoms with Gasteiger partial charge in [0.1, 0.15) is 0 Å². The number of nitrogens with one attached hydrogen (secondary N) is 2. The maximum absolute atomic E-state index is 12.1. The van der Waals surface area contributed by atoms with Crippen molar-refractivity contribution in [2.45, 2.75) is 6.92 Å². The summed E-state index contributed by atoms with van der Waals surface area (Å²) < 4.78 is 1.06. The molecule has 104 valence electrons. The van der Waals surface area contributed by atoms with Crippen LogP contribution in [0.2, 0.25) is 0 Å². The average molecular weight is 400 g/mol. The zero-order valence-electron chi connectivity index (χ0n) is 11.0. The Morgan fingerprint density at radius 2 is 2.00 bits per heavy atom. The van der Waals surface area contributed by atoms with Crippen LogP contribution in [-0.4, -0.2) is 18.9 Å². The summed E-state index contributed by atoms with van der Waals surface area (Å²) in [5.74, 6) is -0.329. The van der Waals surface area contributed by atoms with Gasteiger partial charge in [0.25, 0.3) is 11.8 Å². The summed E-state index contributed by atoms with van der Waals surface area (Å²) in [5.41, 5.74) is 2.59. The third kappa shape index (κ3) is 3.18. The Balaban J connectivity index is 2.26. The van der Waals surface area contributed by atoms with Crippen LogP contribution in [0.1, 0.15) is 26.3 Å². The van der Waals surface area contributed by atoms with Crippen molar-refractivity contribution in [3.8, 4) is 0 Å². The van der Waals surface area contributed by atoms with Crippen LogP contribution in [0.5, 0.6) is 0 Å². The fourth-order valence-corrected chi connectivity index (χ4v) is 3.10. The van der Waals surface area contributed by atoms with E-state index in [0.29, 0.717) is 16.8 Å². The van der Waals surface area contributed by atoms with E-state index in [1.54, 1.807) is 25.2 Å². The first-order valence-electron chi connectivity index (χ1n) is 5.90. The fraction of sp³-hybridized carbons (Fsp3) is 0.143. The summed E-state index contributed by atoms with van der Waals surface area (Å²) in [5, 5.41) is 7.24. The van der Waals surface area contributed by atoms with Crippen LogP contribution in [0.25, 0.3) is 0 Å². The number of hydrogen-bond donors (Lipinski definition) is 2. The second kappa shape index (κ2) is 6.36. The van der Waals surface area contributed by atoms with Gasteiger partial charge < -0.3 is 10.6 Å². The van der Waals surface area contributed by atoms with Crippen molar-refractivity contribution in [1.29, 1.82) is 0 Å². The molecule has 0 atom stereocenters. The minimum Gasteiger partial charge on any atom is -0.355 e. The van der Waals surface area contributed by atoms with Gasteiger partial charge in [-0.2, -0.15) is 0 Å². The summed E-state index contributed by atoms with van der Waals surface area (Å²) in [6.07, 6.45) is 0. The highest BCUT2D eigenvalue weighted by Crippen LogP contribution is 2.21. The van der Waals surface area contributed by atoms with Crippen LogP contribution in [0.15, 0.2) is 29.6 Å². The largest absolute Gasteiger partial charge is 0.355 e. The number of carbonyl (C=O) groups is 2. The zero-order valence-corrected chi connectivity index (χ0v) is 14.0. The standard InChI is InChI=1S/C14H13IN2O2S/c1-8-10(14(19)16-2)4-3-5-11(8)17-13(18)9-6-12(15)20-7-9/h3-7H,1-2H3,(H,16,19)(H,17,18). The lowest BCUT2D eigenvalue weighted by Gasteiger charge is -2.11. The number of thiophene rings is 1.